The minimum atomic E-state index is -2.62. The molecule has 1 N–H and O–H groups in total. The van der Waals surface area contributed by atoms with Gasteiger partial charge in [-0.15, -0.1) is 0 Å². The van der Waals surface area contributed by atoms with E-state index in [2.05, 4.69) is 58.6 Å². The average molecular weight is 860 g/mol. The van der Waals surface area contributed by atoms with E-state index < -0.39 is 80.9 Å². The normalized spacial score (nSPS) is 31.6. The lowest BCUT2D eigenvalue weighted by molar-refractivity contribution is -0.305. The summed E-state index contributed by atoms with van der Waals surface area (Å²) in [5.74, 6) is -3.02. The maximum absolute atomic E-state index is 16.7. The van der Waals surface area contributed by atoms with Crippen molar-refractivity contribution in [3.8, 4) is 0 Å². The number of esters is 2. The first-order valence-electron chi connectivity index (χ1n) is 22.4. The van der Waals surface area contributed by atoms with Crippen molar-refractivity contribution in [1.82, 2.24) is 4.90 Å². The maximum Gasteiger partial charge on any atom is 0.338 e. The van der Waals surface area contributed by atoms with Crippen molar-refractivity contribution in [2.75, 3.05) is 6.54 Å². The molecule has 2 bridgehead atoms. The number of nitrogens with zero attached hydrogens (tertiary/aromatic N) is 1. The number of likely N-dealkylation sites (tertiary alicyclic amines) is 1. The highest BCUT2D eigenvalue weighted by Gasteiger charge is 2.79. The summed E-state index contributed by atoms with van der Waals surface area (Å²) in [6.07, 6.45) is -3.44. The summed E-state index contributed by atoms with van der Waals surface area (Å²) in [5.41, 5.74) is -4.22. The molecule has 8 atom stereocenters. The molecule has 6 rings (SSSR count). The number of allylic oxidation sites excluding steroid dienone is 1. The molecular formula is C48H69NO9Si2. The molecular weight excluding hydrogens is 791 g/mol. The zero-order valence-electron chi connectivity index (χ0n) is 37.9. The second kappa shape index (κ2) is 17.1. The number of carbonyl (C=O) groups excluding carboxylic acids is 4. The highest BCUT2D eigenvalue weighted by atomic mass is 28.4. The molecule has 0 aromatic heterocycles. The fraction of sp³-hybridized carbons (Fsp3) is 0.625. The molecule has 60 heavy (non-hydrogen) atoms. The Morgan fingerprint density at radius 1 is 0.817 bits per heavy atom. The molecule has 2 aromatic rings. The van der Waals surface area contributed by atoms with Crippen molar-refractivity contribution in [3.05, 3.63) is 82.9 Å². The number of ketones is 2. The minimum absolute atomic E-state index is 0.207. The van der Waals surface area contributed by atoms with Crippen LogP contribution in [-0.2, 0) is 39.3 Å². The van der Waals surface area contributed by atoms with Gasteiger partial charge in [0, 0.05) is 31.8 Å². The number of Topliss-reactive ketones (excluding diaryl/α,β-unsaturated/α-hetero) is 2. The van der Waals surface area contributed by atoms with Crippen LogP contribution in [0.15, 0.2) is 71.8 Å². The molecule has 1 saturated heterocycles. The number of aliphatic hydroxyl groups is 1. The summed E-state index contributed by atoms with van der Waals surface area (Å²) >= 11 is 0. The Hall–Kier alpha value is -3.27. The van der Waals surface area contributed by atoms with Crippen LogP contribution < -0.4 is 0 Å². The fourth-order valence-electron chi connectivity index (χ4n) is 11.7. The van der Waals surface area contributed by atoms with Gasteiger partial charge in [-0.25, -0.2) is 4.79 Å². The van der Waals surface area contributed by atoms with Crippen LogP contribution in [0.4, 0.5) is 0 Å². The number of ether oxygens (including phenoxy) is 2. The van der Waals surface area contributed by atoms with Gasteiger partial charge in [0.25, 0.3) is 0 Å². The van der Waals surface area contributed by atoms with Gasteiger partial charge in [0.2, 0.25) is 0 Å². The fourth-order valence-corrected chi connectivity index (χ4v) is 17.4. The largest absolute Gasteiger partial charge is 0.456 e. The zero-order valence-corrected chi connectivity index (χ0v) is 39.9. The molecule has 0 amide bonds. The molecule has 3 fully saturated rings. The molecule has 1 aliphatic heterocycles. The Labute approximate surface area is 360 Å². The van der Waals surface area contributed by atoms with Crippen LogP contribution in [0.25, 0.3) is 0 Å². The minimum Gasteiger partial charge on any atom is -0.456 e. The number of carbonyl (C=O) groups is 4. The Morgan fingerprint density at radius 2 is 1.35 bits per heavy atom. The number of hydrogen-bond acceptors (Lipinski definition) is 10. The molecule has 328 valence electrons. The Bertz CT molecular complexity index is 1950. The Kier molecular flexibility index (Phi) is 13.2. The van der Waals surface area contributed by atoms with E-state index in [9.17, 15) is 19.5 Å². The molecule has 2 saturated carbocycles. The zero-order chi connectivity index (χ0) is 44.1. The van der Waals surface area contributed by atoms with Gasteiger partial charge in [-0.1, -0.05) is 104 Å². The van der Waals surface area contributed by atoms with E-state index in [4.69, 9.17) is 18.3 Å². The lowest BCUT2D eigenvalue weighted by Gasteiger charge is -2.71. The third-order valence-corrected chi connectivity index (χ3v) is 25.2. The van der Waals surface area contributed by atoms with Gasteiger partial charge in [-0.3, -0.25) is 19.3 Å². The van der Waals surface area contributed by atoms with Crippen molar-refractivity contribution < 1.29 is 42.6 Å². The van der Waals surface area contributed by atoms with Crippen molar-refractivity contribution in [2.24, 2.45) is 16.7 Å². The molecule has 10 nitrogen and oxygen atoms in total. The van der Waals surface area contributed by atoms with Gasteiger partial charge in [0.05, 0.1) is 29.0 Å². The monoisotopic (exact) mass is 859 g/mol. The summed E-state index contributed by atoms with van der Waals surface area (Å²) in [5, 5.41) is 13.9. The van der Waals surface area contributed by atoms with Gasteiger partial charge in [-0.05, 0) is 85.4 Å². The average Bonchev–Trinajstić information content (AvgIpc) is 3.23. The van der Waals surface area contributed by atoms with Crippen molar-refractivity contribution in [2.45, 2.75) is 167 Å². The van der Waals surface area contributed by atoms with Crippen LogP contribution in [0.5, 0.6) is 0 Å². The summed E-state index contributed by atoms with van der Waals surface area (Å²) in [6.45, 7) is 22.2. The lowest BCUT2D eigenvalue weighted by atomic mass is 9.43. The van der Waals surface area contributed by atoms with E-state index in [1.165, 1.54) is 6.92 Å². The Morgan fingerprint density at radius 3 is 1.88 bits per heavy atom. The van der Waals surface area contributed by atoms with Crippen molar-refractivity contribution in [1.29, 1.82) is 0 Å². The predicted molar refractivity (Wildman–Crippen MR) is 237 cm³/mol. The number of rotatable bonds is 15. The molecule has 3 aliphatic carbocycles. The second-order valence-corrected chi connectivity index (χ2v) is 28.2. The van der Waals surface area contributed by atoms with Crippen LogP contribution in [0.2, 0.25) is 36.3 Å². The van der Waals surface area contributed by atoms with Crippen LogP contribution in [0.3, 0.4) is 0 Å². The van der Waals surface area contributed by atoms with Gasteiger partial charge in [0.1, 0.15) is 23.4 Å². The first-order chi connectivity index (χ1) is 28.3. The molecule has 2 aromatic carbocycles. The first-order valence-corrected chi connectivity index (χ1v) is 27.5. The molecule has 0 spiro atoms. The van der Waals surface area contributed by atoms with E-state index in [0.29, 0.717) is 24.1 Å². The Balaban J connectivity index is 1.72. The second-order valence-electron chi connectivity index (χ2n) is 18.8. The van der Waals surface area contributed by atoms with Gasteiger partial charge < -0.3 is 23.4 Å². The summed E-state index contributed by atoms with van der Waals surface area (Å²) < 4.78 is 28.5. The quantitative estimate of drug-likeness (QED) is 0.137. The molecule has 1 heterocycles. The van der Waals surface area contributed by atoms with Crippen LogP contribution in [-0.4, -0.2) is 92.2 Å². The third kappa shape index (κ3) is 7.34. The molecule has 12 heteroatoms. The lowest BCUT2D eigenvalue weighted by Crippen LogP contribution is -2.86. The van der Waals surface area contributed by atoms with Crippen LogP contribution in [0.1, 0.15) is 105 Å². The number of fused-ring (bicyclic) bond motifs is 5. The van der Waals surface area contributed by atoms with Crippen molar-refractivity contribution in [3.63, 3.8) is 0 Å². The van der Waals surface area contributed by atoms with E-state index in [-0.39, 0.29) is 30.1 Å². The summed E-state index contributed by atoms with van der Waals surface area (Å²) in [7, 11) is -5.13. The topological polar surface area (TPSA) is 129 Å². The summed E-state index contributed by atoms with van der Waals surface area (Å²) in [6, 6.07) is 22.9. The van der Waals surface area contributed by atoms with Gasteiger partial charge in [-0.2, -0.15) is 0 Å². The first kappa shape index (κ1) is 46.2. The summed E-state index contributed by atoms with van der Waals surface area (Å²) in [4.78, 5) is 61.8. The van der Waals surface area contributed by atoms with E-state index in [1.54, 1.807) is 37.3 Å². The van der Waals surface area contributed by atoms with Gasteiger partial charge in [0.15, 0.2) is 28.2 Å². The standard InChI is InChI=1S/C48H69NO9Si2/c1-12-59(13-2,14-3)57-38-28-37-47(56-33(8)50,31-49(37)30-34-24-20-18-21-25-34)41-43(55-44(53)35-26-22-19-23-27-35)48(54)29-36(51)32(7)39(45(48,9)10)40(42(52)46(38,41)11)58-60(15-4,16-5)17-6/h18-27,37-38,40-41,43,54H,12-17,28-31H2,1-11H3/t37-,38+,40-,41+,43+,46-,47+,48-/m1/s1. The van der Waals surface area contributed by atoms with E-state index in [0.717, 1.165) is 41.8 Å². The van der Waals surface area contributed by atoms with Gasteiger partial charge >= 0.3 is 11.9 Å². The van der Waals surface area contributed by atoms with Crippen molar-refractivity contribution >= 4 is 40.1 Å². The molecule has 0 unspecified atom stereocenters. The predicted octanol–water partition coefficient (Wildman–Crippen LogP) is 8.83. The smallest absolute Gasteiger partial charge is 0.338 e. The highest BCUT2D eigenvalue weighted by Crippen LogP contribution is 2.65. The van der Waals surface area contributed by atoms with E-state index in [1.807, 2.05) is 39.0 Å². The SMILES string of the molecule is CC[Si](CC)(CC)O[C@H]1C(=O)[C@]2(C)[C@@H](O[Si](CC)(CC)CC)C[C@H]3N(Cc4ccccc4)C[C@@]3(OC(C)=O)[C@H]2[C@H](OC(=O)c2ccccc2)[C@]2(O)CC(=O)C(C)=C1C2(C)C. The third-order valence-electron chi connectivity index (χ3n) is 16.0. The van der Waals surface area contributed by atoms with Crippen LogP contribution in [0, 0.1) is 16.7 Å². The van der Waals surface area contributed by atoms with Crippen LogP contribution >= 0.6 is 0 Å². The highest BCUT2D eigenvalue weighted by molar-refractivity contribution is 6.74. The number of hydrogen-bond donors (Lipinski definition) is 1. The van der Waals surface area contributed by atoms with E-state index >= 15 is 4.79 Å². The molecule has 4 aliphatic rings. The molecule has 0 radical (unpaired) electrons. The number of benzene rings is 2. The maximum atomic E-state index is 16.7.